The van der Waals surface area contributed by atoms with Crippen LogP contribution in [0.4, 0.5) is 5.69 Å². The van der Waals surface area contributed by atoms with E-state index in [9.17, 15) is 18.5 Å². The zero-order valence-corrected chi connectivity index (χ0v) is 19.3. The van der Waals surface area contributed by atoms with Gasteiger partial charge < -0.3 is 10.2 Å². The lowest BCUT2D eigenvalue weighted by molar-refractivity contribution is -0.385. The van der Waals surface area contributed by atoms with Crippen LogP contribution in [0, 0.1) is 16.0 Å². The van der Waals surface area contributed by atoms with Gasteiger partial charge in [0.2, 0.25) is 10.0 Å². The molecule has 1 aromatic carbocycles. The standard InChI is InChI=1S/C17H27N5O4S.HI/c1-3-18-17(21-11-5-6-14(2)13-21)19-9-10-20-27(25,26)16-8-4-7-15(12-16)22(23)24;/h4,7-8,12,14,20H,3,5-6,9-11,13H2,1-2H3,(H,18,19);1H. The maximum absolute atomic E-state index is 12.3. The number of hydrogen-bond donors (Lipinski definition) is 2. The topological polar surface area (TPSA) is 117 Å². The number of nitro benzene ring substituents is 1. The Labute approximate surface area is 183 Å². The molecule has 0 amide bonds. The van der Waals surface area contributed by atoms with Crippen LogP contribution in [-0.4, -0.2) is 56.9 Å². The van der Waals surface area contributed by atoms with E-state index in [1.807, 2.05) is 6.92 Å². The molecule has 9 nitrogen and oxygen atoms in total. The summed E-state index contributed by atoms with van der Waals surface area (Å²) >= 11 is 0. The summed E-state index contributed by atoms with van der Waals surface area (Å²) in [6, 6.07) is 4.99. The first kappa shape index (κ1) is 24.6. The van der Waals surface area contributed by atoms with Crippen LogP contribution in [0.15, 0.2) is 34.2 Å². The van der Waals surface area contributed by atoms with Crippen LogP contribution in [0.25, 0.3) is 0 Å². The smallest absolute Gasteiger partial charge is 0.270 e. The SMILES string of the molecule is CCNC(=NCCNS(=O)(=O)c1cccc([N+](=O)[O-])c1)N1CCCC(C)C1.I. The molecule has 0 aliphatic carbocycles. The number of halogens is 1. The Morgan fingerprint density at radius 3 is 2.82 bits per heavy atom. The molecule has 1 atom stereocenters. The molecule has 0 aromatic heterocycles. The molecule has 2 rings (SSSR count). The van der Waals surface area contributed by atoms with E-state index in [0.29, 0.717) is 5.92 Å². The van der Waals surface area contributed by atoms with Crippen LogP contribution < -0.4 is 10.0 Å². The lowest BCUT2D eigenvalue weighted by Gasteiger charge is -2.33. The van der Waals surface area contributed by atoms with E-state index in [0.717, 1.165) is 38.1 Å². The number of hydrogen-bond acceptors (Lipinski definition) is 5. The zero-order valence-electron chi connectivity index (χ0n) is 16.1. The molecule has 0 radical (unpaired) electrons. The molecule has 0 bridgehead atoms. The third-order valence-corrected chi connectivity index (χ3v) is 5.75. The Kier molecular flexibility index (Phi) is 10.1. The summed E-state index contributed by atoms with van der Waals surface area (Å²) in [6.45, 7) is 7.21. The second-order valence-electron chi connectivity index (χ2n) is 6.58. The van der Waals surface area contributed by atoms with E-state index in [1.165, 1.54) is 24.6 Å². The van der Waals surface area contributed by atoms with Gasteiger partial charge in [-0.25, -0.2) is 13.1 Å². The number of sulfonamides is 1. The highest BCUT2D eigenvalue weighted by atomic mass is 127. The van der Waals surface area contributed by atoms with Crippen LogP contribution >= 0.6 is 24.0 Å². The van der Waals surface area contributed by atoms with E-state index in [2.05, 4.69) is 26.9 Å². The lowest BCUT2D eigenvalue weighted by Crippen LogP contribution is -2.46. The molecule has 1 saturated heterocycles. The van der Waals surface area contributed by atoms with E-state index < -0.39 is 14.9 Å². The maximum Gasteiger partial charge on any atom is 0.270 e. The summed E-state index contributed by atoms with van der Waals surface area (Å²) in [5.41, 5.74) is -0.260. The number of nitro groups is 1. The first-order chi connectivity index (χ1) is 12.8. The zero-order chi connectivity index (χ0) is 19.9. The van der Waals surface area contributed by atoms with Gasteiger partial charge in [0.1, 0.15) is 0 Å². The number of rotatable bonds is 7. The normalized spacial score (nSPS) is 17.7. The van der Waals surface area contributed by atoms with Gasteiger partial charge in [-0.05, 0) is 31.7 Å². The molecule has 158 valence electrons. The Balaban J connectivity index is 0.00000392. The van der Waals surface area contributed by atoms with Gasteiger partial charge in [0.25, 0.3) is 5.69 Å². The molecule has 28 heavy (non-hydrogen) atoms. The van der Waals surface area contributed by atoms with Gasteiger partial charge in [-0.2, -0.15) is 0 Å². The van der Waals surface area contributed by atoms with E-state index >= 15 is 0 Å². The van der Waals surface area contributed by atoms with Crippen molar-refractivity contribution in [2.75, 3.05) is 32.7 Å². The average Bonchev–Trinajstić information content (AvgIpc) is 2.64. The molecule has 11 heteroatoms. The Hall–Kier alpha value is -1.47. The lowest BCUT2D eigenvalue weighted by atomic mass is 10.0. The number of non-ortho nitro benzene ring substituents is 1. The van der Waals surface area contributed by atoms with Crippen molar-refractivity contribution in [1.29, 1.82) is 0 Å². The van der Waals surface area contributed by atoms with Crippen molar-refractivity contribution in [1.82, 2.24) is 14.9 Å². The van der Waals surface area contributed by atoms with Gasteiger partial charge in [0.05, 0.1) is 16.4 Å². The van der Waals surface area contributed by atoms with Gasteiger partial charge in [-0.15, -0.1) is 24.0 Å². The largest absolute Gasteiger partial charge is 0.357 e. The second kappa shape index (κ2) is 11.5. The third kappa shape index (κ3) is 7.17. The van der Waals surface area contributed by atoms with Crippen LogP contribution in [0.1, 0.15) is 26.7 Å². The summed E-state index contributed by atoms with van der Waals surface area (Å²) in [5, 5.41) is 14.1. The van der Waals surface area contributed by atoms with Crippen LogP contribution in [0.2, 0.25) is 0 Å². The summed E-state index contributed by atoms with van der Waals surface area (Å²) in [5.74, 6) is 1.40. The molecule has 1 unspecified atom stereocenters. The summed E-state index contributed by atoms with van der Waals surface area (Å²) in [4.78, 5) is 16.8. The molecular weight excluding hydrogens is 497 g/mol. The van der Waals surface area contributed by atoms with Gasteiger partial charge >= 0.3 is 0 Å². The number of guanidine groups is 1. The Morgan fingerprint density at radius 1 is 1.43 bits per heavy atom. The maximum atomic E-state index is 12.3. The van der Waals surface area contributed by atoms with E-state index in [-0.39, 0.29) is 47.6 Å². The Bertz CT molecular complexity index is 788. The van der Waals surface area contributed by atoms with Crippen molar-refractivity contribution in [2.24, 2.45) is 10.9 Å². The van der Waals surface area contributed by atoms with Crippen molar-refractivity contribution >= 4 is 45.6 Å². The van der Waals surface area contributed by atoms with Gasteiger partial charge in [0, 0.05) is 38.3 Å². The summed E-state index contributed by atoms with van der Waals surface area (Å²) in [6.07, 6.45) is 2.32. The first-order valence-electron chi connectivity index (χ1n) is 9.11. The molecular formula is C17H28IN5O4S. The summed E-state index contributed by atoms with van der Waals surface area (Å²) < 4.78 is 27.1. The predicted octanol–water partition coefficient (Wildman–Crippen LogP) is 2.19. The number of nitrogens with one attached hydrogen (secondary N) is 2. The van der Waals surface area contributed by atoms with Crippen molar-refractivity contribution < 1.29 is 13.3 Å². The fraction of sp³-hybridized carbons (Fsp3) is 0.588. The molecule has 1 aliphatic heterocycles. The van der Waals surface area contributed by atoms with Crippen molar-refractivity contribution in [3.05, 3.63) is 34.4 Å². The first-order valence-corrected chi connectivity index (χ1v) is 10.6. The number of piperidine rings is 1. The van der Waals surface area contributed by atoms with Gasteiger partial charge in [-0.1, -0.05) is 13.0 Å². The van der Waals surface area contributed by atoms with E-state index in [4.69, 9.17) is 0 Å². The van der Waals surface area contributed by atoms with Crippen molar-refractivity contribution in [3.63, 3.8) is 0 Å². The minimum Gasteiger partial charge on any atom is -0.357 e. The highest BCUT2D eigenvalue weighted by Gasteiger charge is 2.20. The second-order valence-corrected chi connectivity index (χ2v) is 8.35. The Morgan fingerprint density at radius 2 is 2.18 bits per heavy atom. The average molecular weight is 525 g/mol. The molecule has 1 aliphatic rings. The third-order valence-electron chi connectivity index (χ3n) is 4.30. The molecule has 0 spiro atoms. The minimum atomic E-state index is -3.82. The highest BCUT2D eigenvalue weighted by Crippen LogP contribution is 2.17. The molecule has 1 fully saturated rings. The highest BCUT2D eigenvalue weighted by molar-refractivity contribution is 14.0. The number of aliphatic imine (C=N–C) groups is 1. The van der Waals surface area contributed by atoms with Crippen molar-refractivity contribution in [2.45, 2.75) is 31.6 Å². The number of nitrogens with zero attached hydrogens (tertiary/aromatic N) is 3. The minimum absolute atomic E-state index is 0. The van der Waals surface area contributed by atoms with Gasteiger partial charge in [-0.3, -0.25) is 15.1 Å². The van der Waals surface area contributed by atoms with Crippen LogP contribution in [0.5, 0.6) is 0 Å². The van der Waals surface area contributed by atoms with Gasteiger partial charge in [0.15, 0.2) is 5.96 Å². The number of benzene rings is 1. The molecule has 2 N–H and O–H groups in total. The fourth-order valence-electron chi connectivity index (χ4n) is 3.00. The van der Waals surface area contributed by atoms with E-state index in [1.54, 1.807) is 0 Å². The predicted molar refractivity (Wildman–Crippen MR) is 120 cm³/mol. The molecule has 1 heterocycles. The molecule has 1 aromatic rings. The molecule has 0 saturated carbocycles. The fourth-order valence-corrected chi connectivity index (χ4v) is 4.06. The monoisotopic (exact) mass is 525 g/mol. The number of likely N-dealkylation sites (tertiary alicyclic amines) is 1. The summed E-state index contributed by atoms with van der Waals surface area (Å²) in [7, 11) is -3.82. The van der Waals surface area contributed by atoms with Crippen molar-refractivity contribution in [3.8, 4) is 0 Å². The van der Waals surface area contributed by atoms with Crippen LogP contribution in [0.3, 0.4) is 0 Å². The quantitative estimate of drug-likeness (QED) is 0.141. The van der Waals surface area contributed by atoms with Crippen LogP contribution in [-0.2, 0) is 10.0 Å².